The number of benzene rings is 2. The number of rotatable bonds is 10. The number of anilines is 1. The Morgan fingerprint density at radius 3 is 2.46 bits per heavy atom. The lowest BCUT2D eigenvalue weighted by Crippen LogP contribution is -2.53. The largest absolute Gasteiger partial charge is 0.495 e. The third kappa shape index (κ3) is 7.58. The maximum Gasteiger partial charge on any atom is 0.244 e. The highest BCUT2D eigenvalue weighted by Crippen LogP contribution is 2.33. The molecule has 1 N–H and O–H groups in total. The van der Waals surface area contributed by atoms with Crippen molar-refractivity contribution >= 4 is 39.1 Å². The maximum atomic E-state index is 14.5. The molecule has 1 unspecified atom stereocenters. The third-order valence-electron chi connectivity index (χ3n) is 6.51. The van der Waals surface area contributed by atoms with E-state index in [4.69, 9.17) is 16.3 Å². The topological polar surface area (TPSA) is 96.0 Å². The number of sulfonamides is 1. The first kappa shape index (κ1) is 28.7. The Hall–Kier alpha value is -2.85. The molecular weight excluding hydrogens is 521 g/mol. The van der Waals surface area contributed by atoms with Crippen LogP contribution in [-0.2, 0) is 26.2 Å². The molecule has 1 saturated carbocycles. The van der Waals surface area contributed by atoms with Gasteiger partial charge in [-0.05, 0) is 44.0 Å². The number of carbonyl (C=O) groups is 2. The lowest BCUT2D eigenvalue weighted by atomic mass is 9.95. The van der Waals surface area contributed by atoms with Crippen molar-refractivity contribution in [2.24, 2.45) is 0 Å². The van der Waals surface area contributed by atoms with Gasteiger partial charge in [-0.2, -0.15) is 0 Å². The van der Waals surface area contributed by atoms with Crippen LogP contribution in [-0.4, -0.2) is 57.1 Å². The molecule has 11 heteroatoms. The molecule has 0 radical (unpaired) electrons. The Morgan fingerprint density at radius 1 is 1.16 bits per heavy atom. The summed E-state index contributed by atoms with van der Waals surface area (Å²) in [6.45, 7) is 0.710. The van der Waals surface area contributed by atoms with Gasteiger partial charge in [-0.1, -0.05) is 49.1 Å². The quantitative estimate of drug-likeness (QED) is 0.477. The van der Waals surface area contributed by atoms with E-state index in [1.165, 1.54) is 48.4 Å². The van der Waals surface area contributed by atoms with Gasteiger partial charge in [0, 0.05) is 23.2 Å². The minimum atomic E-state index is -3.97. The molecule has 2 amide bonds. The van der Waals surface area contributed by atoms with E-state index in [9.17, 15) is 22.4 Å². The third-order valence-corrected chi connectivity index (χ3v) is 7.87. The van der Waals surface area contributed by atoms with Crippen molar-refractivity contribution in [1.29, 1.82) is 0 Å². The second-order valence-electron chi connectivity index (χ2n) is 9.22. The van der Waals surface area contributed by atoms with Gasteiger partial charge in [-0.25, -0.2) is 12.8 Å². The zero-order valence-electron chi connectivity index (χ0n) is 21.2. The Kier molecular flexibility index (Phi) is 9.78. The SMILES string of the molecule is COc1ccc(Cl)cc1N(CC(=O)N(Cc1ccccc1F)C(C)C(=O)NC1CCCCC1)S(C)(=O)=O. The minimum absolute atomic E-state index is 0.0114. The van der Waals surface area contributed by atoms with Crippen molar-refractivity contribution in [3.05, 3.63) is 58.9 Å². The first-order valence-electron chi connectivity index (χ1n) is 12.2. The monoisotopic (exact) mass is 553 g/mol. The van der Waals surface area contributed by atoms with Gasteiger partial charge in [-0.3, -0.25) is 13.9 Å². The number of ether oxygens (including phenoxy) is 1. The Bertz CT molecular complexity index is 1220. The van der Waals surface area contributed by atoms with Crippen molar-refractivity contribution < 1.29 is 27.1 Å². The standard InChI is InChI=1S/C26H33ClFN3O5S/c1-18(26(33)29-21-10-5-4-6-11-21)30(16-19-9-7-8-12-22(19)28)25(32)17-31(37(3,34)35)23-15-20(27)13-14-24(23)36-2/h7-9,12-15,18,21H,4-6,10-11,16-17H2,1-3H3,(H,29,33). The molecular formula is C26H33ClFN3O5S. The Balaban J connectivity index is 1.93. The van der Waals surface area contributed by atoms with Gasteiger partial charge in [0.2, 0.25) is 21.8 Å². The van der Waals surface area contributed by atoms with Gasteiger partial charge in [0.05, 0.1) is 19.1 Å². The van der Waals surface area contributed by atoms with E-state index in [2.05, 4.69) is 5.32 Å². The van der Waals surface area contributed by atoms with Gasteiger partial charge in [0.25, 0.3) is 0 Å². The van der Waals surface area contributed by atoms with Crippen LogP contribution in [0, 0.1) is 5.82 Å². The summed E-state index contributed by atoms with van der Waals surface area (Å²) in [4.78, 5) is 28.0. The summed E-state index contributed by atoms with van der Waals surface area (Å²) in [5.74, 6) is -1.38. The molecule has 0 heterocycles. The molecule has 1 fully saturated rings. The number of nitrogens with zero attached hydrogens (tertiary/aromatic N) is 2. The van der Waals surface area contributed by atoms with Gasteiger partial charge in [-0.15, -0.1) is 0 Å². The normalized spacial score (nSPS) is 15.1. The predicted octanol–water partition coefficient (Wildman–Crippen LogP) is 4.12. The van der Waals surface area contributed by atoms with Crippen molar-refractivity contribution in [2.45, 2.75) is 57.7 Å². The summed E-state index contributed by atoms with van der Waals surface area (Å²) < 4.78 is 46.2. The van der Waals surface area contributed by atoms with Crippen LogP contribution in [0.15, 0.2) is 42.5 Å². The molecule has 0 bridgehead atoms. The molecule has 2 aromatic rings. The van der Waals surface area contributed by atoms with E-state index in [0.717, 1.165) is 42.7 Å². The zero-order valence-corrected chi connectivity index (χ0v) is 22.8. The number of amides is 2. The summed E-state index contributed by atoms with van der Waals surface area (Å²) in [6.07, 6.45) is 5.82. The number of hydrogen-bond acceptors (Lipinski definition) is 5. The van der Waals surface area contributed by atoms with Crippen LogP contribution in [0.4, 0.5) is 10.1 Å². The van der Waals surface area contributed by atoms with E-state index in [1.807, 2.05) is 0 Å². The summed E-state index contributed by atoms with van der Waals surface area (Å²) in [5.41, 5.74) is 0.287. The fourth-order valence-electron chi connectivity index (χ4n) is 4.41. The highest BCUT2D eigenvalue weighted by Gasteiger charge is 2.32. The highest BCUT2D eigenvalue weighted by molar-refractivity contribution is 7.92. The van der Waals surface area contributed by atoms with E-state index in [0.29, 0.717) is 0 Å². The summed E-state index contributed by atoms with van der Waals surface area (Å²) in [6, 6.07) is 9.41. The van der Waals surface area contributed by atoms with Crippen molar-refractivity contribution in [2.75, 3.05) is 24.2 Å². The van der Waals surface area contributed by atoms with Crippen LogP contribution in [0.1, 0.15) is 44.6 Å². The summed E-state index contributed by atoms with van der Waals surface area (Å²) >= 11 is 6.11. The molecule has 2 aromatic carbocycles. The highest BCUT2D eigenvalue weighted by atomic mass is 35.5. The van der Waals surface area contributed by atoms with Crippen molar-refractivity contribution in [3.8, 4) is 5.75 Å². The lowest BCUT2D eigenvalue weighted by molar-refractivity contribution is -0.139. The molecule has 0 aromatic heterocycles. The van der Waals surface area contributed by atoms with Crippen molar-refractivity contribution in [3.63, 3.8) is 0 Å². The molecule has 1 aliphatic rings. The van der Waals surface area contributed by atoms with Crippen LogP contribution in [0.5, 0.6) is 5.75 Å². The smallest absolute Gasteiger partial charge is 0.244 e. The fraction of sp³-hybridized carbons (Fsp3) is 0.462. The molecule has 37 heavy (non-hydrogen) atoms. The summed E-state index contributed by atoms with van der Waals surface area (Å²) in [7, 11) is -2.60. The molecule has 1 atom stereocenters. The van der Waals surface area contributed by atoms with E-state index in [1.54, 1.807) is 13.0 Å². The predicted molar refractivity (Wildman–Crippen MR) is 142 cm³/mol. The lowest BCUT2D eigenvalue weighted by Gasteiger charge is -2.33. The van der Waals surface area contributed by atoms with Crippen LogP contribution in [0.3, 0.4) is 0 Å². The first-order chi connectivity index (χ1) is 17.5. The molecule has 0 spiro atoms. The second kappa shape index (κ2) is 12.6. The van der Waals surface area contributed by atoms with Gasteiger partial charge in [0.1, 0.15) is 24.2 Å². The number of halogens is 2. The zero-order chi connectivity index (χ0) is 27.2. The molecule has 1 aliphatic carbocycles. The average Bonchev–Trinajstić information content (AvgIpc) is 2.86. The van der Waals surface area contributed by atoms with Crippen LogP contribution < -0.4 is 14.4 Å². The number of hydrogen-bond donors (Lipinski definition) is 1. The summed E-state index contributed by atoms with van der Waals surface area (Å²) in [5, 5.41) is 3.25. The number of methoxy groups -OCH3 is 1. The number of nitrogens with one attached hydrogen (secondary N) is 1. The van der Waals surface area contributed by atoms with E-state index >= 15 is 0 Å². The molecule has 8 nitrogen and oxygen atoms in total. The van der Waals surface area contributed by atoms with Gasteiger partial charge in [0.15, 0.2) is 0 Å². The Labute approximate surface area is 222 Å². The second-order valence-corrected chi connectivity index (χ2v) is 11.6. The van der Waals surface area contributed by atoms with Crippen molar-refractivity contribution in [1.82, 2.24) is 10.2 Å². The molecule has 3 rings (SSSR count). The molecule has 202 valence electrons. The van der Waals surface area contributed by atoms with Crippen LogP contribution >= 0.6 is 11.6 Å². The van der Waals surface area contributed by atoms with E-state index in [-0.39, 0.29) is 40.5 Å². The maximum absolute atomic E-state index is 14.5. The first-order valence-corrected chi connectivity index (χ1v) is 14.4. The Morgan fingerprint density at radius 2 is 1.84 bits per heavy atom. The van der Waals surface area contributed by atoms with Crippen LogP contribution in [0.25, 0.3) is 0 Å². The fourth-order valence-corrected chi connectivity index (χ4v) is 5.43. The van der Waals surface area contributed by atoms with Crippen LogP contribution in [0.2, 0.25) is 5.02 Å². The number of carbonyl (C=O) groups excluding carboxylic acids is 2. The average molecular weight is 554 g/mol. The minimum Gasteiger partial charge on any atom is -0.495 e. The van der Waals surface area contributed by atoms with Gasteiger partial charge < -0.3 is 15.0 Å². The van der Waals surface area contributed by atoms with E-state index < -0.39 is 34.3 Å². The van der Waals surface area contributed by atoms with Gasteiger partial charge >= 0.3 is 0 Å². The molecule has 0 saturated heterocycles. The molecule has 0 aliphatic heterocycles.